The van der Waals surface area contributed by atoms with Crippen molar-refractivity contribution in [1.82, 2.24) is 0 Å². The van der Waals surface area contributed by atoms with Crippen molar-refractivity contribution in [1.29, 1.82) is 0 Å². The number of hydrogen-bond donors (Lipinski definition) is 0. The Morgan fingerprint density at radius 1 is 0.800 bits per heavy atom. The van der Waals surface area contributed by atoms with Gasteiger partial charge in [0.25, 0.3) is 0 Å². The third-order valence-corrected chi connectivity index (χ3v) is 4.09. The highest BCUT2D eigenvalue weighted by Crippen LogP contribution is 2.51. The monoisotopic (exact) mass is 268 g/mol. The van der Waals surface area contributed by atoms with Gasteiger partial charge in [-0.15, -0.1) is 0 Å². The second-order valence-corrected chi connectivity index (χ2v) is 6.01. The third kappa shape index (κ3) is 3.30. The summed E-state index contributed by atoms with van der Waals surface area (Å²) in [6.45, 7) is 21.4. The Hall–Kier alpha value is -1.56. The highest BCUT2D eigenvalue weighted by molar-refractivity contribution is 5.84. The molecule has 1 saturated carbocycles. The smallest absolute Gasteiger partial charge is 0.00651 e. The van der Waals surface area contributed by atoms with E-state index in [9.17, 15) is 0 Å². The lowest BCUT2D eigenvalue weighted by molar-refractivity contribution is 1.30. The van der Waals surface area contributed by atoms with Crippen molar-refractivity contribution in [3.8, 4) is 0 Å². The summed E-state index contributed by atoms with van der Waals surface area (Å²) in [5.74, 6) is 0. The van der Waals surface area contributed by atoms with Gasteiger partial charge in [0.05, 0.1) is 0 Å². The molecule has 108 valence electrons. The van der Waals surface area contributed by atoms with E-state index in [1.54, 1.807) is 0 Å². The van der Waals surface area contributed by atoms with Gasteiger partial charge in [-0.2, -0.15) is 0 Å². The summed E-state index contributed by atoms with van der Waals surface area (Å²) >= 11 is 0. The van der Waals surface area contributed by atoms with Crippen molar-refractivity contribution < 1.29 is 0 Å². The predicted octanol–water partition coefficient (Wildman–Crippen LogP) is 6.46. The molecule has 0 N–H and O–H groups in total. The molecule has 0 aromatic carbocycles. The lowest BCUT2D eigenvalue weighted by atomic mass is 10.1. The summed E-state index contributed by atoms with van der Waals surface area (Å²) in [6.07, 6.45) is 4.46. The quantitative estimate of drug-likeness (QED) is 0.515. The van der Waals surface area contributed by atoms with E-state index in [4.69, 9.17) is 0 Å². The van der Waals surface area contributed by atoms with Crippen LogP contribution in [0.5, 0.6) is 0 Å². The molecule has 0 heteroatoms. The molecule has 0 spiro atoms. The summed E-state index contributed by atoms with van der Waals surface area (Å²) in [6, 6.07) is 0. The fraction of sp³-hybridized carbons (Fsp3) is 0.400. The van der Waals surface area contributed by atoms with Gasteiger partial charge in [-0.25, -0.2) is 0 Å². The van der Waals surface area contributed by atoms with Gasteiger partial charge in [0.15, 0.2) is 0 Å². The molecule has 1 aliphatic carbocycles. The number of hydrogen-bond acceptors (Lipinski definition) is 0. The number of rotatable bonds is 3. The van der Waals surface area contributed by atoms with Gasteiger partial charge in [-0.3, -0.25) is 0 Å². The zero-order chi connectivity index (χ0) is 15.6. The van der Waals surface area contributed by atoms with Crippen molar-refractivity contribution in [3.63, 3.8) is 0 Å². The molecular weight excluding hydrogens is 240 g/mol. The van der Waals surface area contributed by atoms with Crippen molar-refractivity contribution in [3.05, 3.63) is 68.9 Å². The van der Waals surface area contributed by atoms with E-state index in [1.165, 1.54) is 44.6 Å². The zero-order valence-electron chi connectivity index (χ0n) is 14.4. The summed E-state index contributed by atoms with van der Waals surface area (Å²) in [5, 5.41) is 0. The second kappa shape index (κ2) is 6.26. The van der Waals surface area contributed by atoms with E-state index in [0.29, 0.717) is 0 Å². The minimum Gasteiger partial charge on any atom is -0.0958 e. The highest BCUT2D eigenvalue weighted by atomic mass is 14.4. The van der Waals surface area contributed by atoms with Crippen LogP contribution in [0.15, 0.2) is 68.9 Å². The lowest BCUT2D eigenvalue weighted by Gasteiger charge is -2.00. The van der Waals surface area contributed by atoms with E-state index >= 15 is 0 Å². The van der Waals surface area contributed by atoms with Crippen LogP contribution in [0.2, 0.25) is 0 Å². The van der Waals surface area contributed by atoms with Crippen molar-refractivity contribution >= 4 is 0 Å². The van der Waals surface area contributed by atoms with Gasteiger partial charge in [0.1, 0.15) is 0 Å². The Morgan fingerprint density at radius 2 is 1.35 bits per heavy atom. The number of allylic oxidation sites excluding steroid dienone is 11. The molecule has 0 unspecified atom stereocenters. The maximum atomic E-state index is 4.08. The van der Waals surface area contributed by atoms with Crippen LogP contribution in [-0.2, 0) is 0 Å². The van der Waals surface area contributed by atoms with Crippen LogP contribution in [-0.4, -0.2) is 0 Å². The molecule has 0 nitrogen and oxygen atoms in total. The summed E-state index contributed by atoms with van der Waals surface area (Å²) < 4.78 is 0. The molecule has 1 rings (SSSR count). The standard InChI is InChI=1S/C20H28/c1-10-14(6)15(7)11-16(8)19-18(13(4)5)20(19)17(9)12(2)3/h10-11H,2H2,1,3-9H3/b14-10+,15-11-,19-16+,20-17-. The van der Waals surface area contributed by atoms with Crippen molar-refractivity contribution in [2.45, 2.75) is 55.4 Å². The van der Waals surface area contributed by atoms with E-state index < -0.39 is 0 Å². The summed E-state index contributed by atoms with van der Waals surface area (Å²) in [7, 11) is 0. The first kappa shape index (κ1) is 16.5. The van der Waals surface area contributed by atoms with E-state index in [-0.39, 0.29) is 0 Å². The second-order valence-electron chi connectivity index (χ2n) is 6.01. The minimum absolute atomic E-state index is 1.16. The average Bonchev–Trinajstić information content (AvgIpc) is 3.11. The molecule has 0 bridgehead atoms. The fourth-order valence-corrected chi connectivity index (χ4v) is 2.41. The molecule has 1 aliphatic rings. The van der Waals surface area contributed by atoms with Crippen LogP contribution in [0.1, 0.15) is 55.4 Å². The van der Waals surface area contributed by atoms with Crippen molar-refractivity contribution in [2.75, 3.05) is 0 Å². The highest BCUT2D eigenvalue weighted by Gasteiger charge is 2.34. The largest absolute Gasteiger partial charge is 0.0958 e. The molecular formula is C20H28. The summed E-state index contributed by atoms with van der Waals surface area (Å²) in [5.41, 5.74) is 12.2. The first-order valence-electron chi connectivity index (χ1n) is 7.30. The normalized spacial score (nSPS) is 20.9. The Bertz CT molecular complexity index is 592. The fourth-order valence-electron chi connectivity index (χ4n) is 2.41. The first-order chi connectivity index (χ1) is 9.22. The maximum absolute atomic E-state index is 4.08. The van der Waals surface area contributed by atoms with Gasteiger partial charge < -0.3 is 0 Å². The van der Waals surface area contributed by atoms with Crippen LogP contribution in [0.25, 0.3) is 0 Å². The third-order valence-electron chi connectivity index (χ3n) is 4.09. The van der Waals surface area contributed by atoms with Crippen molar-refractivity contribution in [2.24, 2.45) is 0 Å². The van der Waals surface area contributed by atoms with E-state index in [0.717, 1.165) is 5.57 Å². The molecule has 20 heavy (non-hydrogen) atoms. The predicted molar refractivity (Wildman–Crippen MR) is 91.8 cm³/mol. The maximum Gasteiger partial charge on any atom is -0.00651 e. The SMILES string of the molecule is C=C(C)/C(C)=C1/C(=C(C)C)/C1=C(C)\C=C(C)/C(C)=C/C. The van der Waals surface area contributed by atoms with Gasteiger partial charge in [0, 0.05) is 0 Å². The zero-order valence-corrected chi connectivity index (χ0v) is 14.4. The Kier molecular flexibility index (Phi) is 5.16. The first-order valence-corrected chi connectivity index (χ1v) is 7.30. The van der Waals surface area contributed by atoms with E-state index in [2.05, 4.69) is 74.1 Å². The van der Waals surface area contributed by atoms with Gasteiger partial charge in [-0.1, -0.05) is 35.5 Å². The van der Waals surface area contributed by atoms with E-state index in [1.807, 2.05) is 0 Å². The average molecular weight is 268 g/mol. The minimum atomic E-state index is 1.16. The van der Waals surface area contributed by atoms with Crippen LogP contribution in [0.3, 0.4) is 0 Å². The molecule has 0 aromatic heterocycles. The van der Waals surface area contributed by atoms with Gasteiger partial charge >= 0.3 is 0 Å². The molecule has 0 aliphatic heterocycles. The van der Waals surface area contributed by atoms with Gasteiger partial charge in [0.2, 0.25) is 0 Å². The molecule has 0 radical (unpaired) electrons. The summed E-state index contributed by atoms with van der Waals surface area (Å²) in [4.78, 5) is 0. The molecule has 0 aromatic rings. The Balaban J connectivity index is 3.40. The molecule has 1 fully saturated rings. The Labute approximate surface area is 125 Å². The molecule has 0 saturated heterocycles. The topological polar surface area (TPSA) is 0 Å². The molecule has 0 atom stereocenters. The van der Waals surface area contributed by atoms with Crippen LogP contribution in [0, 0.1) is 0 Å². The Morgan fingerprint density at radius 3 is 1.75 bits per heavy atom. The van der Waals surface area contributed by atoms with Crippen LogP contribution in [0.4, 0.5) is 0 Å². The molecule has 0 heterocycles. The molecule has 0 amide bonds. The van der Waals surface area contributed by atoms with Crippen LogP contribution >= 0.6 is 0 Å². The lowest BCUT2D eigenvalue weighted by Crippen LogP contribution is -1.80. The van der Waals surface area contributed by atoms with Crippen LogP contribution < -0.4 is 0 Å². The van der Waals surface area contributed by atoms with Gasteiger partial charge in [-0.05, 0) is 88.8 Å².